The number of hydrogen-bond acceptors (Lipinski definition) is 6. The zero-order valence-electron chi connectivity index (χ0n) is 38.2. The van der Waals surface area contributed by atoms with Crippen LogP contribution >= 0.6 is 47.0 Å². The number of phenolic OH excluding ortho intramolecular Hbond substituents is 2. The fraction of sp³-hybridized carbons (Fsp3) is 0.765. The summed E-state index contributed by atoms with van der Waals surface area (Å²) in [5, 5.41) is 21.0. The average Bonchev–Trinajstić information content (AvgIpc) is 3.21. The van der Waals surface area contributed by atoms with Gasteiger partial charge in [0.05, 0.1) is 0 Å². The fourth-order valence-corrected chi connectivity index (χ4v) is 11.0. The van der Waals surface area contributed by atoms with Crippen molar-refractivity contribution in [2.24, 2.45) is 0 Å². The van der Waals surface area contributed by atoms with Gasteiger partial charge in [0.15, 0.2) is 0 Å². The molecule has 2 N–H and O–H groups in total. The van der Waals surface area contributed by atoms with Gasteiger partial charge in [0.25, 0.3) is 0 Å². The first-order chi connectivity index (χ1) is 27.9. The Labute approximate surface area is 372 Å². The van der Waals surface area contributed by atoms with Gasteiger partial charge in [-0.25, -0.2) is 0 Å². The Morgan fingerprint density at radius 3 is 1.02 bits per heavy atom. The van der Waals surface area contributed by atoms with Crippen LogP contribution in [0.25, 0.3) is 0 Å². The second-order valence-corrected chi connectivity index (χ2v) is 20.7. The lowest BCUT2D eigenvalue weighted by molar-refractivity contribution is 0.464. The van der Waals surface area contributed by atoms with Crippen molar-refractivity contribution in [2.75, 3.05) is 23.0 Å². The molecule has 0 unspecified atom stereocenters. The standard InChI is InChI=1S/C26H46OS2.C25H44OS2/c1-4-7-9-11-13-15-17-28-21-23-19-24(6-3)26(27)25(20-23)22-29-18-16-14-12-10-8-5-2;1-4-6-8-10-12-14-16-27-20-23-18-22(3)25(26)24(19-23)21-28-17-15-13-11-9-7-5-2/h19-20,27H,4-18,21-22H2,1-3H3;18-19,26H,4-17,20-21H2,1-3H3. The smallest absolute Gasteiger partial charge is 0.122 e. The Kier molecular flexibility index (Phi) is 37.8. The Bertz CT molecular complexity index is 1200. The fourth-order valence-electron chi connectivity index (χ4n) is 7.10. The van der Waals surface area contributed by atoms with Crippen molar-refractivity contribution < 1.29 is 10.2 Å². The molecular formula is C51H90O2S4. The molecule has 0 aliphatic carbocycles. The summed E-state index contributed by atoms with van der Waals surface area (Å²) in [6.07, 6.45) is 33.6. The summed E-state index contributed by atoms with van der Waals surface area (Å²) < 4.78 is 0. The molecule has 2 aromatic carbocycles. The van der Waals surface area contributed by atoms with Crippen molar-refractivity contribution in [2.45, 2.75) is 225 Å². The SMILES string of the molecule is CCCCCCCCSCc1cc(C)c(O)c(CSCCCCCCCC)c1.CCCCCCCCSCc1cc(CC)c(O)c(CSCCCCCCCC)c1. The van der Waals surface area contributed by atoms with Crippen LogP contribution in [0.4, 0.5) is 0 Å². The largest absolute Gasteiger partial charge is 0.507 e. The molecule has 0 saturated heterocycles. The van der Waals surface area contributed by atoms with E-state index in [2.05, 4.69) is 70.6 Å². The lowest BCUT2D eigenvalue weighted by Crippen LogP contribution is -1.94. The summed E-state index contributed by atoms with van der Waals surface area (Å²) in [5.74, 6) is 10.0. The van der Waals surface area contributed by atoms with Crippen LogP contribution in [0.3, 0.4) is 0 Å². The molecule has 6 heteroatoms. The Morgan fingerprint density at radius 2 is 0.649 bits per heavy atom. The van der Waals surface area contributed by atoms with Crippen molar-refractivity contribution in [3.05, 3.63) is 57.6 Å². The number of aromatic hydroxyl groups is 2. The average molecular weight is 864 g/mol. The topological polar surface area (TPSA) is 40.5 Å². The Morgan fingerprint density at radius 1 is 0.351 bits per heavy atom. The Hall–Kier alpha value is -0.560. The van der Waals surface area contributed by atoms with Gasteiger partial charge in [-0.05, 0) is 84.3 Å². The van der Waals surface area contributed by atoms with E-state index in [9.17, 15) is 10.2 Å². The highest BCUT2D eigenvalue weighted by Gasteiger charge is 2.10. The van der Waals surface area contributed by atoms with Gasteiger partial charge in [-0.3, -0.25) is 0 Å². The number of benzene rings is 2. The minimum absolute atomic E-state index is 0.514. The number of phenols is 2. The molecule has 2 nitrogen and oxygen atoms in total. The maximum Gasteiger partial charge on any atom is 0.122 e. The molecule has 2 aromatic rings. The monoisotopic (exact) mass is 863 g/mol. The van der Waals surface area contributed by atoms with Gasteiger partial charge in [-0.1, -0.05) is 187 Å². The number of hydrogen-bond donors (Lipinski definition) is 2. The van der Waals surface area contributed by atoms with Crippen LogP contribution in [-0.2, 0) is 29.4 Å². The van der Waals surface area contributed by atoms with Gasteiger partial charge < -0.3 is 10.2 Å². The zero-order chi connectivity index (χ0) is 41.6. The summed E-state index contributed by atoms with van der Waals surface area (Å²) in [4.78, 5) is 0. The predicted molar refractivity (Wildman–Crippen MR) is 268 cm³/mol. The van der Waals surface area contributed by atoms with E-state index in [0.717, 1.165) is 51.7 Å². The van der Waals surface area contributed by atoms with Crippen LogP contribution in [0.2, 0.25) is 0 Å². The van der Waals surface area contributed by atoms with Crippen molar-refractivity contribution in [3.63, 3.8) is 0 Å². The summed E-state index contributed by atoms with van der Waals surface area (Å²) in [6, 6.07) is 8.90. The van der Waals surface area contributed by atoms with Gasteiger partial charge >= 0.3 is 0 Å². The van der Waals surface area contributed by atoms with Gasteiger partial charge in [0.2, 0.25) is 0 Å². The van der Waals surface area contributed by atoms with Gasteiger partial charge in [0.1, 0.15) is 11.5 Å². The molecule has 0 bridgehead atoms. The minimum atomic E-state index is 0.514. The molecule has 0 aromatic heterocycles. The maximum atomic E-state index is 10.6. The number of unbranched alkanes of at least 4 members (excludes halogenated alkanes) is 20. The second-order valence-electron chi connectivity index (χ2n) is 16.3. The van der Waals surface area contributed by atoms with Crippen LogP contribution < -0.4 is 0 Å². The van der Waals surface area contributed by atoms with Crippen LogP contribution in [0.1, 0.15) is 222 Å². The first-order valence-corrected chi connectivity index (χ1v) is 28.5. The van der Waals surface area contributed by atoms with E-state index in [1.807, 2.05) is 42.2 Å². The lowest BCUT2D eigenvalue weighted by atomic mass is 10.0. The summed E-state index contributed by atoms with van der Waals surface area (Å²) in [6.45, 7) is 13.3. The van der Waals surface area contributed by atoms with E-state index >= 15 is 0 Å². The van der Waals surface area contributed by atoms with E-state index < -0.39 is 0 Å². The molecule has 0 radical (unpaired) electrons. The molecule has 0 heterocycles. The van der Waals surface area contributed by atoms with Crippen LogP contribution in [0, 0.1) is 6.92 Å². The molecule has 330 valence electrons. The van der Waals surface area contributed by atoms with E-state index in [1.165, 1.54) is 188 Å². The van der Waals surface area contributed by atoms with Crippen molar-refractivity contribution >= 4 is 47.0 Å². The third-order valence-corrected chi connectivity index (χ3v) is 15.2. The van der Waals surface area contributed by atoms with Crippen molar-refractivity contribution in [3.8, 4) is 11.5 Å². The van der Waals surface area contributed by atoms with Crippen LogP contribution in [-0.4, -0.2) is 33.2 Å². The summed E-state index contributed by atoms with van der Waals surface area (Å²) in [5.41, 5.74) is 7.21. The Balaban J connectivity index is 0.000000570. The van der Waals surface area contributed by atoms with Crippen molar-refractivity contribution in [1.29, 1.82) is 0 Å². The van der Waals surface area contributed by atoms with Crippen molar-refractivity contribution in [1.82, 2.24) is 0 Å². The highest BCUT2D eigenvalue weighted by atomic mass is 32.2. The molecule has 0 saturated carbocycles. The van der Waals surface area contributed by atoms with E-state index in [1.54, 1.807) is 0 Å². The number of thioether (sulfide) groups is 4. The van der Waals surface area contributed by atoms with E-state index in [-0.39, 0.29) is 0 Å². The number of aryl methyl sites for hydroxylation is 2. The summed E-state index contributed by atoms with van der Waals surface area (Å²) in [7, 11) is 0. The molecule has 0 aliphatic heterocycles. The molecule has 0 spiro atoms. The van der Waals surface area contributed by atoms with Crippen LogP contribution in [0.15, 0.2) is 24.3 Å². The quantitative estimate of drug-likeness (QED) is 0.0660. The highest BCUT2D eigenvalue weighted by Crippen LogP contribution is 2.32. The molecule has 0 fully saturated rings. The summed E-state index contributed by atoms with van der Waals surface area (Å²) >= 11 is 8.07. The number of rotatable bonds is 37. The molecule has 0 aliphatic rings. The predicted octanol–water partition coefficient (Wildman–Crippen LogP) is 18.0. The van der Waals surface area contributed by atoms with Gasteiger partial charge in [0, 0.05) is 34.1 Å². The lowest BCUT2D eigenvalue weighted by Gasteiger charge is -2.12. The van der Waals surface area contributed by atoms with E-state index in [0.29, 0.717) is 11.5 Å². The molecule has 0 atom stereocenters. The third-order valence-electron chi connectivity index (χ3n) is 10.8. The normalized spacial score (nSPS) is 11.3. The minimum Gasteiger partial charge on any atom is -0.507 e. The van der Waals surface area contributed by atoms with E-state index in [4.69, 9.17) is 0 Å². The second kappa shape index (κ2) is 39.6. The highest BCUT2D eigenvalue weighted by molar-refractivity contribution is 7.99. The molecular weight excluding hydrogens is 773 g/mol. The first-order valence-electron chi connectivity index (χ1n) is 23.9. The zero-order valence-corrected chi connectivity index (χ0v) is 41.4. The molecule has 2 rings (SSSR count). The van der Waals surface area contributed by atoms with Gasteiger partial charge in [-0.15, -0.1) is 0 Å². The molecule has 57 heavy (non-hydrogen) atoms. The maximum absolute atomic E-state index is 10.6. The third kappa shape index (κ3) is 29.4. The van der Waals surface area contributed by atoms with Crippen LogP contribution in [0.5, 0.6) is 11.5 Å². The first kappa shape index (κ1) is 54.5. The molecule has 0 amide bonds. The van der Waals surface area contributed by atoms with Gasteiger partial charge in [-0.2, -0.15) is 47.0 Å².